The molecule has 5 nitrogen and oxygen atoms in total. The lowest BCUT2D eigenvalue weighted by atomic mass is 9.60. The van der Waals surface area contributed by atoms with Gasteiger partial charge < -0.3 is 19.5 Å². The number of ether oxygens (including phenoxy) is 3. The molecule has 0 aromatic heterocycles. The van der Waals surface area contributed by atoms with Crippen LogP contribution in [0.15, 0.2) is 54.0 Å². The summed E-state index contributed by atoms with van der Waals surface area (Å²) in [6.07, 6.45) is 4.83. The maximum Gasteiger partial charge on any atom is 0.323 e. The summed E-state index contributed by atoms with van der Waals surface area (Å²) >= 11 is 0. The fraction of sp³-hybridized carbons (Fsp3) is 0.450. The second-order valence-electron chi connectivity index (χ2n) is 6.32. The summed E-state index contributed by atoms with van der Waals surface area (Å²) in [6, 6.07) is 9.78. The van der Waals surface area contributed by atoms with Crippen molar-refractivity contribution < 1.29 is 19.0 Å². The van der Waals surface area contributed by atoms with Gasteiger partial charge in [-0.3, -0.25) is 4.79 Å². The Bertz CT molecular complexity index is 682. The van der Waals surface area contributed by atoms with Crippen molar-refractivity contribution >= 4 is 5.97 Å². The number of fused-ring (bicyclic) bond motifs is 1. The Balaban J connectivity index is 2.14. The number of hydrogen-bond acceptors (Lipinski definition) is 5. The predicted octanol–water partition coefficient (Wildman–Crippen LogP) is 2.54. The van der Waals surface area contributed by atoms with E-state index in [4.69, 9.17) is 14.2 Å². The number of benzene rings is 1. The summed E-state index contributed by atoms with van der Waals surface area (Å²) < 4.78 is 16.5. The van der Waals surface area contributed by atoms with Crippen molar-refractivity contribution in [2.75, 3.05) is 27.4 Å². The van der Waals surface area contributed by atoms with Crippen LogP contribution in [0.5, 0.6) is 0 Å². The van der Waals surface area contributed by atoms with Crippen LogP contribution >= 0.6 is 0 Å². The molecule has 1 aliphatic carbocycles. The Morgan fingerprint density at radius 2 is 2.00 bits per heavy atom. The molecule has 0 unspecified atom stereocenters. The first-order chi connectivity index (χ1) is 12.2. The van der Waals surface area contributed by atoms with E-state index in [0.29, 0.717) is 13.2 Å². The van der Waals surface area contributed by atoms with Crippen LogP contribution in [0.3, 0.4) is 0 Å². The molecule has 2 aliphatic rings. The highest BCUT2D eigenvalue weighted by Gasteiger charge is 2.52. The Morgan fingerprint density at radius 3 is 2.64 bits per heavy atom. The number of rotatable bonds is 5. The van der Waals surface area contributed by atoms with E-state index in [1.165, 1.54) is 0 Å². The number of nitrogens with one attached hydrogen (secondary N) is 1. The number of methoxy groups -OCH3 is 2. The fourth-order valence-electron chi connectivity index (χ4n) is 4.02. The number of allylic oxidation sites excluding steroid dienone is 2. The summed E-state index contributed by atoms with van der Waals surface area (Å²) in [5.74, 6) is 1.05. The van der Waals surface area contributed by atoms with Gasteiger partial charge in [0.25, 0.3) is 0 Å². The zero-order valence-electron chi connectivity index (χ0n) is 15.0. The largest absolute Gasteiger partial charge is 0.501 e. The van der Waals surface area contributed by atoms with Crippen LogP contribution in [0.4, 0.5) is 0 Å². The molecule has 25 heavy (non-hydrogen) atoms. The molecule has 1 heterocycles. The molecule has 0 spiro atoms. The fourth-order valence-corrected chi connectivity index (χ4v) is 4.02. The molecule has 0 amide bonds. The molecule has 0 saturated carbocycles. The van der Waals surface area contributed by atoms with E-state index >= 15 is 0 Å². The van der Waals surface area contributed by atoms with Crippen LogP contribution in [-0.2, 0) is 24.4 Å². The third-order valence-corrected chi connectivity index (χ3v) is 5.11. The molecule has 5 heteroatoms. The van der Waals surface area contributed by atoms with Crippen molar-refractivity contribution in [3.8, 4) is 0 Å². The highest BCUT2D eigenvalue weighted by atomic mass is 16.5. The smallest absolute Gasteiger partial charge is 0.323 e. The minimum absolute atomic E-state index is 0.188. The molecule has 1 aromatic rings. The van der Waals surface area contributed by atoms with E-state index < -0.39 is 6.04 Å². The Morgan fingerprint density at radius 1 is 1.24 bits per heavy atom. The third-order valence-electron chi connectivity index (χ3n) is 5.11. The number of hydrogen-bond donors (Lipinski definition) is 1. The van der Waals surface area contributed by atoms with Crippen LogP contribution < -0.4 is 5.32 Å². The van der Waals surface area contributed by atoms with Crippen molar-refractivity contribution in [1.29, 1.82) is 0 Å². The molecular weight excluding hydrogens is 318 g/mol. The van der Waals surface area contributed by atoms with Gasteiger partial charge in [-0.2, -0.15) is 0 Å². The summed E-state index contributed by atoms with van der Waals surface area (Å²) in [4.78, 5) is 12.6. The Hall–Kier alpha value is -2.27. The van der Waals surface area contributed by atoms with Gasteiger partial charge in [-0.1, -0.05) is 30.3 Å². The number of carbonyl (C=O) groups is 1. The molecule has 1 aliphatic heterocycles. The molecule has 1 N–H and O–H groups in total. The highest BCUT2D eigenvalue weighted by Crippen LogP contribution is 2.48. The van der Waals surface area contributed by atoms with Crippen LogP contribution in [0.2, 0.25) is 0 Å². The van der Waals surface area contributed by atoms with Gasteiger partial charge in [-0.25, -0.2) is 0 Å². The topological polar surface area (TPSA) is 56.8 Å². The molecule has 3 rings (SSSR count). The lowest BCUT2D eigenvalue weighted by Gasteiger charge is -2.48. The molecule has 1 aromatic carbocycles. The Kier molecular flexibility index (Phi) is 5.13. The van der Waals surface area contributed by atoms with Gasteiger partial charge in [0.2, 0.25) is 0 Å². The second kappa shape index (κ2) is 7.31. The first-order valence-electron chi connectivity index (χ1n) is 8.64. The summed E-state index contributed by atoms with van der Waals surface area (Å²) in [7, 11) is 3.29. The first kappa shape index (κ1) is 17.5. The monoisotopic (exact) mass is 343 g/mol. The van der Waals surface area contributed by atoms with Crippen molar-refractivity contribution in [1.82, 2.24) is 5.32 Å². The lowest BCUT2D eigenvalue weighted by Crippen LogP contribution is -2.59. The van der Waals surface area contributed by atoms with Crippen molar-refractivity contribution in [3.63, 3.8) is 0 Å². The van der Waals surface area contributed by atoms with Gasteiger partial charge >= 0.3 is 5.97 Å². The summed E-state index contributed by atoms with van der Waals surface area (Å²) in [5, 5.41) is 3.33. The van der Waals surface area contributed by atoms with Gasteiger partial charge in [0.1, 0.15) is 17.6 Å². The van der Waals surface area contributed by atoms with Gasteiger partial charge in [0, 0.05) is 11.5 Å². The minimum Gasteiger partial charge on any atom is -0.501 e. The maximum absolute atomic E-state index is 12.6. The van der Waals surface area contributed by atoms with E-state index in [-0.39, 0.29) is 17.3 Å². The third kappa shape index (κ3) is 3.04. The predicted molar refractivity (Wildman–Crippen MR) is 94.8 cm³/mol. The van der Waals surface area contributed by atoms with E-state index in [1.807, 2.05) is 31.2 Å². The van der Waals surface area contributed by atoms with Crippen LogP contribution in [0.25, 0.3) is 0 Å². The number of carbonyl (C=O) groups excluding carboxylic acids is 1. The highest BCUT2D eigenvalue weighted by molar-refractivity contribution is 5.78. The molecule has 1 fully saturated rings. The molecule has 1 saturated heterocycles. The molecular formula is C20H25NO4. The number of piperidine rings is 1. The van der Waals surface area contributed by atoms with E-state index in [2.05, 4.69) is 23.5 Å². The van der Waals surface area contributed by atoms with Crippen molar-refractivity contribution in [2.45, 2.75) is 24.8 Å². The normalized spacial score (nSPS) is 28.3. The van der Waals surface area contributed by atoms with Crippen LogP contribution in [-0.4, -0.2) is 39.4 Å². The lowest BCUT2D eigenvalue weighted by molar-refractivity contribution is -0.148. The number of esters is 1. The van der Waals surface area contributed by atoms with Crippen molar-refractivity contribution in [2.24, 2.45) is 5.92 Å². The van der Waals surface area contributed by atoms with Gasteiger partial charge in [-0.05, 0) is 31.5 Å². The van der Waals surface area contributed by atoms with E-state index in [0.717, 1.165) is 23.5 Å². The molecule has 3 atom stereocenters. The quantitative estimate of drug-likeness (QED) is 0.833. The zero-order valence-corrected chi connectivity index (χ0v) is 15.0. The SMILES string of the molecule is CCOC(=O)[C@@H]1NCC[C@@]2(c3ccccc3)C=C(OC)C=C(OC)[C@@H]12. The standard InChI is InChI=1S/C20H25NO4/c1-4-25-19(22)18-17-16(24-3)12-15(23-2)13-20(17,10-11-21-18)14-8-6-5-7-9-14/h5-9,12-13,17-18,21H,4,10-11H2,1-3H3/t17-,18+,20-/m0/s1. The van der Waals surface area contributed by atoms with Crippen LogP contribution in [0, 0.1) is 5.92 Å². The summed E-state index contributed by atoms with van der Waals surface area (Å²) in [6.45, 7) is 2.88. The van der Waals surface area contributed by atoms with Gasteiger partial charge in [0.05, 0.1) is 26.7 Å². The van der Waals surface area contributed by atoms with Crippen molar-refractivity contribution in [3.05, 3.63) is 59.6 Å². The van der Waals surface area contributed by atoms with Crippen LogP contribution in [0.1, 0.15) is 18.9 Å². The molecule has 0 radical (unpaired) electrons. The van der Waals surface area contributed by atoms with Gasteiger partial charge in [-0.15, -0.1) is 0 Å². The minimum atomic E-state index is -0.463. The Labute approximate surface area is 148 Å². The average molecular weight is 343 g/mol. The second-order valence-corrected chi connectivity index (χ2v) is 6.32. The van der Waals surface area contributed by atoms with Gasteiger partial charge in [0.15, 0.2) is 0 Å². The van der Waals surface area contributed by atoms with E-state index in [9.17, 15) is 4.79 Å². The first-order valence-corrected chi connectivity index (χ1v) is 8.64. The molecule has 0 bridgehead atoms. The maximum atomic E-state index is 12.6. The summed E-state index contributed by atoms with van der Waals surface area (Å²) in [5.41, 5.74) is 0.767. The average Bonchev–Trinajstić information content (AvgIpc) is 2.67. The molecule has 134 valence electrons. The van der Waals surface area contributed by atoms with E-state index in [1.54, 1.807) is 14.2 Å². The zero-order chi connectivity index (χ0) is 17.9.